The highest BCUT2D eigenvalue weighted by Crippen LogP contribution is 2.30. The van der Waals surface area contributed by atoms with E-state index in [9.17, 15) is 22.8 Å². The summed E-state index contributed by atoms with van der Waals surface area (Å²) in [5.74, 6) is 0.290. The minimum absolute atomic E-state index is 0.00813. The standard InChI is InChI=1S/C20H17F2N3O2.C20H18FN3O2/c21-16-8-6-13(7-9-16)20(26)25-10-2-4-15(12-25)19-23-18(24-27-19)14-3-1-5-17(22)11-14;21-17-10-4-8-15(12-17)20(25)24-11-5-9-16(13-24)19-22-18(23-26-19)14-6-2-1-3-7-14/h1,3,5-9,11,15H,2,4,10,12H2;1-4,6-8,10,12,16H,5,9,11,13H2. The zero-order valence-corrected chi connectivity index (χ0v) is 28.6. The van der Waals surface area contributed by atoms with Crippen LogP contribution in [-0.2, 0) is 0 Å². The van der Waals surface area contributed by atoms with Gasteiger partial charge in [-0.05, 0) is 80.3 Å². The first-order valence-corrected chi connectivity index (χ1v) is 17.4. The van der Waals surface area contributed by atoms with Crippen LogP contribution in [0.3, 0.4) is 0 Å². The Balaban J connectivity index is 0.000000164. The average molecular weight is 721 g/mol. The number of aromatic nitrogens is 4. The van der Waals surface area contributed by atoms with Gasteiger partial charge in [-0.25, -0.2) is 13.2 Å². The highest BCUT2D eigenvalue weighted by molar-refractivity contribution is 5.94. The molecule has 13 heteroatoms. The number of hydrogen-bond acceptors (Lipinski definition) is 8. The Morgan fingerprint density at radius 2 is 1.09 bits per heavy atom. The molecule has 4 aromatic carbocycles. The summed E-state index contributed by atoms with van der Waals surface area (Å²) in [6.07, 6.45) is 3.34. The number of halogens is 3. The summed E-state index contributed by atoms with van der Waals surface area (Å²) >= 11 is 0. The lowest BCUT2D eigenvalue weighted by atomic mass is 9.97. The number of likely N-dealkylation sites (tertiary alicyclic amines) is 2. The van der Waals surface area contributed by atoms with Crippen molar-refractivity contribution in [2.24, 2.45) is 0 Å². The molecule has 6 aromatic rings. The van der Waals surface area contributed by atoms with Crippen LogP contribution in [0.4, 0.5) is 13.2 Å². The van der Waals surface area contributed by atoms with Gasteiger partial charge in [-0.3, -0.25) is 9.59 Å². The maximum absolute atomic E-state index is 13.4. The van der Waals surface area contributed by atoms with Crippen LogP contribution in [0, 0.1) is 17.5 Å². The van der Waals surface area contributed by atoms with Gasteiger partial charge in [-0.15, -0.1) is 0 Å². The van der Waals surface area contributed by atoms with E-state index in [1.54, 1.807) is 34.1 Å². The molecule has 2 unspecified atom stereocenters. The van der Waals surface area contributed by atoms with Crippen LogP contribution in [0.5, 0.6) is 0 Å². The lowest BCUT2D eigenvalue weighted by Gasteiger charge is -2.31. The first kappa shape index (κ1) is 35.3. The zero-order chi connectivity index (χ0) is 36.7. The smallest absolute Gasteiger partial charge is 0.253 e. The van der Waals surface area contributed by atoms with E-state index < -0.39 is 5.82 Å². The molecule has 0 spiro atoms. The molecule has 2 aliphatic rings. The molecule has 8 rings (SSSR count). The molecular formula is C40H35F3N6O4. The summed E-state index contributed by atoms with van der Waals surface area (Å²) in [6.45, 7) is 2.20. The third-order valence-electron chi connectivity index (χ3n) is 9.28. The van der Waals surface area contributed by atoms with Gasteiger partial charge < -0.3 is 18.8 Å². The van der Waals surface area contributed by atoms with Crippen LogP contribution in [0.1, 0.15) is 70.0 Å². The first-order chi connectivity index (χ1) is 25.8. The van der Waals surface area contributed by atoms with Gasteiger partial charge in [0.1, 0.15) is 17.5 Å². The van der Waals surface area contributed by atoms with Crippen LogP contribution in [0.15, 0.2) is 112 Å². The van der Waals surface area contributed by atoms with Crippen molar-refractivity contribution < 1.29 is 31.8 Å². The molecular weight excluding hydrogens is 685 g/mol. The summed E-state index contributed by atoms with van der Waals surface area (Å²) in [4.78, 5) is 37.6. The lowest BCUT2D eigenvalue weighted by Crippen LogP contribution is -2.39. The Morgan fingerprint density at radius 1 is 0.566 bits per heavy atom. The number of hydrogen-bond donors (Lipinski definition) is 0. The topological polar surface area (TPSA) is 118 Å². The molecule has 2 amide bonds. The first-order valence-electron chi connectivity index (χ1n) is 17.4. The SMILES string of the molecule is O=C(c1ccc(F)cc1)N1CCCC(c2nc(-c3cccc(F)c3)no2)C1.O=C(c1cccc(F)c1)N1CCCC(c2nc(-c3ccccc3)no2)C1. The highest BCUT2D eigenvalue weighted by Gasteiger charge is 2.31. The number of carbonyl (C=O) groups excluding carboxylic acids is 2. The van der Waals surface area contributed by atoms with Crippen molar-refractivity contribution in [2.45, 2.75) is 37.5 Å². The van der Waals surface area contributed by atoms with Crippen molar-refractivity contribution in [1.82, 2.24) is 30.1 Å². The monoisotopic (exact) mass is 720 g/mol. The van der Waals surface area contributed by atoms with Crippen molar-refractivity contribution in [1.29, 1.82) is 0 Å². The van der Waals surface area contributed by atoms with Crippen molar-refractivity contribution in [3.63, 3.8) is 0 Å². The molecule has 53 heavy (non-hydrogen) atoms. The molecule has 270 valence electrons. The van der Waals surface area contributed by atoms with Crippen molar-refractivity contribution in [3.8, 4) is 22.8 Å². The van der Waals surface area contributed by atoms with Crippen LogP contribution in [-0.4, -0.2) is 68.1 Å². The third kappa shape index (κ3) is 8.52. The average Bonchev–Trinajstić information content (AvgIpc) is 3.90. The Morgan fingerprint density at radius 3 is 1.68 bits per heavy atom. The number of amides is 2. The molecule has 2 fully saturated rings. The van der Waals surface area contributed by atoms with E-state index in [1.807, 2.05) is 30.3 Å². The van der Waals surface area contributed by atoms with Crippen molar-refractivity contribution >= 4 is 11.8 Å². The van der Waals surface area contributed by atoms with Crippen LogP contribution >= 0.6 is 0 Å². The maximum atomic E-state index is 13.4. The number of carbonyl (C=O) groups is 2. The number of piperidine rings is 2. The fraction of sp³-hybridized carbons (Fsp3) is 0.250. The largest absolute Gasteiger partial charge is 0.339 e. The predicted octanol–water partition coefficient (Wildman–Crippen LogP) is 7.93. The minimum atomic E-state index is -0.409. The molecule has 0 radical (unpaired) electrons. The van der Waals surface area contributed by atoms with E-state index in [1.165, 1.54) is 48.5 Å². The second-order valence-corrected chi connectivity index (χ2v) is 13.0. The van der Waals surface area contributed by atoms with E-state index in [0.29, 0.717) is 66.3 Å². The summed E-state index contributed by atoms with van der Waals surface area (Å²) in [7, 11) is 0. The number of benzene rings is 4. The Labute approximate surface area is 303 Å². The van der Waals surface area contributed by atoms with Gasteiger partial charge in [-0.1, -0.05) is 58.8 Å². The molecule has 2 saturated heterocycles. The van der Waals surface area contributed by atoms with E-state index in [2.05, 4.69) is 20.3 Å². The van der Waals surface area contributed by atoms with Crippen molar-refractivity contribution in [2.75, 3.05) is 26.2 Å². The van der Waals surface area contributed by atoms with Gasteiger partial charge in [0, 0.05) is 48.4 Å². The Hall–Kier alpha value is -6.11. The fourth-order valence-electron chi connectivity index (χ4n) is 6.56. The zero-order valence-electron chi connectivity index (χ0n) is 28.6. The summed E-state index contributed by atoms with van der Waals surface area (Å²) in [6, 6.07) is 26.9. The second kappa shape index (κ2) is 16.1. The molecule has 2 aromatic heterocycles. The summed E-state index contributed by atoms with van der Waals surface area (Å²) < 4.78 is 50.7. The number of nitrogens with zero attached hydrogens (tertiary/aromatic N) is 6. The molecule has 4 heterocycles. The Kier molecular flexibility index (Phi) is 10.7. The molecule has 10 nitrogen and oxygen atoms in total. The Bertz CT molecular complexity index is 2170. The molecule has 0 aliphatic carbocycles. The maximum Gasteiger partial charge on any atom is 0.253 e. The molecule has 0 bridgehead atoms. The number of rotatable bonds is 6. The van der Waals surface area contributed by atoms with Crippen molar-refractivity contribution in [3.05, 3.63) is 143 Å². The quantitative estimate of drug-likeness (QED) is 0.170. The summed E-state index contributed by atoms with van der Waals surface area (Å²) in [5, 5.41) is 8.00. The van der Waals surface area contributed by atoms with Gasteiger partial charge in [0.05, 0.1) is 11.8 Å². The third-order valence-corrected chi connectivity index (χ3v) is 9.28. The van der Waals surface area contributed by atoms with Gasteiger partial charge in [0.15, 0.2) is 0 Å². The summed E-state index contributed by atoms with van der Waals surface area (Å²) in [5.41, 5.74) is 2.25. The van der Waals surface area contributed by atoms with E-state index in [0.717, 1.165) is 31.2 Å². The van der Waals surface area contributed by atoms with Crippen LogP contribution in [0.25, 0.3) is 22.8 Å². The van der Waals surface area contributed by atoms with E-state index in [-0.39, 0.29) is 35.3 Å². The van der Waals surface area contributed by atoms with Crippen LogP contribution < -0.4 is 0 Å². The van der Waals surface area contributed by atoms with Gasteiger partial charge in [0.2, 0.25) is 23.4 Å². The van der Waals surface area contributed by atoms with E-state index in [4.69, 9.17) is 9.05 Å². The molecule has 2 atom stereocenters. The predicted molar refractivity (Wildman–Crippen MR) is 188 cm³/mol. The normalized spacial score (nSPS) is 17.2. The van der Waals surface area contributed by atoms with Crippen LogP contribution in [0.2, 0.25) is 0 Å². The van der Waals surface area contributed by atoms with Gasteiger partial charge in [-0.2, -0.15) is 9.97 Å². The second-order valence-electron chi connectivity index (χ2n) is 13.0. The van der Waals surface area contributed by atoms with Gasteiger partial charge in [0.25, 0.3) is 11.8 Å². The lowest BCUT2D eigenvalue weighted by molar-refractivity contribution is 0.0688. The molecule has 2 aliphatic heterocycles. The highest BCUT2D eigenvalue weighted by atomic mass is 19.1. The van der Waals surface area contributed by atoms with E-state index >= 15 is 0 Å². The fourth-order valence-corrected chi connectivity index (χ4v) is 6.56. The minimum Gasteiger partial charge on any atom is -0.339 e. The molecule has 0 N–H and O–H groups in total. The van der Waals surface area contributed by atoms with Gasteiger partial charge >= 0.3 is 0 Å². The molecule has 0 saturated carbocycles.